The first kappa shape index (κ1) is 15.9. The molecule has 0 saturated carbocycles. The fourth-order valence-electron chi connectivity index (χ4n) is 1.92. The van der Waals surface area contributed by atoms with E-state index in [4.69, 9.17) is 9.47 Å². The maximum Gasteiger partial charge on any atom is 0.161 e. The van der Waals surface area contributed by atoms with Crippen molar-refractivity contribution in [1.29, 1.82) is 0 Å². The van der Waals surface area contributed by atoms with Crippen molar-refractivity contribution in [3.63, 3.8) is 0 Å². The molecule has 1 atom stereocenters. The van der Waals surface area contributed by atoms with Gasteiger partial charge in [0.2, 0.25) is 0 Å². The van der Waals surface area contributed by atoms with E-state index in [0.717, 1.165) is 24.5 Å². The van der Waals surface area contributed by atoms with Crippen LogP contribution in [0.2, 0.25) is 0 Å². The Labute approximate surface area is 130 Å². The Morgan fingerprint density at radius 1 is 1.24 bits per heavy atom. The standard InChI is InChI=1S/C17H23NO2S/c1-4-13(2)18-11-14-7-8-16(17(10-14)19-3)20-12-15-6-5-9-21-15/h5-10,13,18H,4,11-12H2,1-3H3/t13-/m1/s1. The predicted octanol–water partition coefficient (Wildman–Crippen LogP) is 4.22. The van der Waals surface area contributed by atoms with Crippen molar-refractivity contribution in [3.05, 3.63) is 46.2 Å². The van der Waals surface area contributed by atoms with Crippen molar-refractivity contribution in [2.75, 3.05) is 7.11 Å². The van der Waals surface area contributed by atoms with Gasteiger partial charge in [-0.05, 0) is 42.5 Å². The molecule has 1 aromatic heterocycles. The van der Waals surface area contributed by atoms with E-state index in [-0.39, 0.29) is 0 Å². The van der Waals surface area contributed by atoms with Crippen molar-refractivity contribution < 1.29 is 9.47 Å². The van der Waals surface area contributed by atoms with Gasteiger partial charge in [-0.3, -0.25) is 0 Å². The number of ether oxygens (including phenoxy) is 2. The average molecular weight is 305 g/mol. The third-order valence-electron chi connectivity index (χ3n) is 3.45. The Morgan fingerprint density at radius 3 is 2.76 bits per heavy atom. The third kappa shape index (κ3) is 4.76. The van der Waals surface area contributed by atoms with Crippen molar-refractivity contribution in [1.82, 2.24) is 5.32 Å². The molecule has 2 aromatic rings. The molecule has 1 aromatic carbocycles. The molecule has 0 amide bonds. The summed E-state index contributed by atoms with van der Waals surface area (Å²) in [7, 11) is 1.68. The minimum atomic E-state index is 0.519. The molecule has 2 rings (SSSR count). The molecule has 4 heteroatoms. The van der Waals surface area contributed by atoms with Crippen molar-refractivity contribution >= 4 is 11.3 Å². The van der Waals surface area contributed by atoms with E-state index in [1.165, 1.54) is 10.4 Å². The number of thiophene rings is 1. The van der Waals surface area contributed by atoms with E-state index in [0.29, 0.717) is 12.6 Å². The first-order chi connectivity index (χ1) is 10.2. The van der Waals surface area contributed by atoms with Crippen LogP contribution in [0, 0.1) is 0 Å². The quantitative estimate of drug-likeness (QED) is 0.792. The van der Waals surface area contributed by atoms with Gasteiger partial charge in [-0.15, -0.1) is 11.3 Å². The monoisotopic (exact) mass is 305 g/mol. The van der Waals surface area contributed by atoms with Crippen LogP contribution < -0.4 is 14.8 Å². The van der Waals surface area contributed by atoms with Crippen LogP contribution in [0.5, 0.6) is 11.5 Å². The van der Waals surface area contributed by atoms with Crippen LogP contribution in [0.4, 0.5) is 0 Å². The van der Waals surface area contributed by atoms with E-state index < -0.39 is 0 Å². The first-order valence-corrected chi connectivity index (χ1v) is 8.16. The number of methoxy groups -OCH3 is 1. The minimum Gasteiger partial charge on any atom is -0.493 e. The first-order valence-electron chi connectivity index (χ1n) is 7.28. The van der Waals surface area contributed by atoms with E-state index in [9.17, 15) is 0 Å². The van der Waals surface area contributed by atoms with Crippen LogP contribution in [-0.4, -0.2) is 13.2 Å². The summed E-state index contributed by atoms with van der Waals surface area (Å²) in [5.41, 5.74) is 1.20. The van der Waals surface area contributed by atoms with Crippen LogP contribution in [0.1, 0.15) is 30.7 Å². The van der Waals surface area contributed by atoms with Gasteiger partial charge in [0.15, 0.2) is 11.5 Å². The smallest absolute Gasteiger partial charge is 0.161 e. The third-order valence-corrected chi connectivity index (χ3v) is 4.29. The van der Waals surface area contributed by atoms with Gasteiger partial charge in [0.1, 0.15) is 6.61 Å². The zero-order chi connectivity index (χ0) is 15.1. The normalized spacial score (nSPS) is 12.1. The summed E-state index contributed by atoms with van der Waals surface area (Å²) in [6.07, 6.45) is 1.12. The molecule has 1 heterocycles. The number of rotatable bonds is 8. The zero-order valence-electron chi connectivity index (χ0n) is 12.9. The van der Waals surface area contributed by atoms with E-state index >= 15 is 0 Å². The van der Waals surface area contributed by atoms with Crippen LogP contribution in [0.25, 0.3) is 0 Å². The average Bonchev–Trinajstić information content (AvgIpc) is 3.04. The van der Waals surface area contributed by atoms with Crippen molar-refractivity contribution in [2.24, 2.45) is 0 Å². The molecular formula is C17H23NO2S. The molecule has 0 fully saturated rings. The lowest BCUT2D eigenvalue weighted by molar-refractivity contribution is 0.287. The largest absolute Gasteiger partial charge is 0.493 e. The van der Waals surface area contributed by atoms with Crippen LogP contribution in [0.15, 0.2) is 35.7 Å². The molecule has 0 aliphatic carbocycles. The van der Waals surface area contributed by atoms with Gasteiger partial charge >= 0.3 is 0 Å². The maximum absolute atomic E-state index is 5.84. The topological polar surface area (TPSA) is 30.5 Å². The molecule has 114 valence electrons. The van der Waals surface area contributed by atoms with E-state index in [2.05, 4.69) is 36.7 Å². The van der Waals surface area contributed by atoms with Gasteiger partial charge < -0.3 is 14.8 Å². The fraction of sp³-hybridized carbons (Fsp3) is 0.412. The van der Waals surface area contributed by atoms with Crippen LogP contribution in [-0.2, 0) is 13.2 Å². The molecule has 0 aliphatic rings. The zero-order valence-corrected chi connectivity index (χ0v) is 13.7. The molecule has 21 heavy (non-hydrogen) atoms. The highest BCUT2D eigenvalue weighted by atomic mass is 32.1. The molecule has 0 saturated heterocycles. The molecule has 0 bridgehead atoms. The predicted molar refractivity (Wildman–Crippen MR) is 88.2 cm³/mol. The van der Waals surface area contributed by atoms with Gasteiger partial charge in [-0.25, -0.2) is 0 Å². The summed E-state index contributed by atoms with van der Waals surface area (Å²) >= 11 is 1.70. The number of hydrogen-bond donors (Lipinski definition) is 1. The summed E-state index contributed by atoms with van der Waals surface area (Å²) in [5.74, 6) is 1.58. The van der Waals surface area contributed by atoms with Gasteiger partial charge in [0, 0.05) is 17.5 Å². The Hall–Kier alpha value is -1.52. The second-order valence-electron chi connectivity index (χ2n) is 5.04. The summed E-state index contributed by atoms with van der Waals surface area (Å²) in [4.78, 5) is 1.21. The summed E-state index contributed by atoms with van der Waals surface area (Å²) in [6, 6.07) is 10.7. The van der Waals surface area contributed by atoms with Gasteiger partial charge in [0.05, 0.1) is 7.11 Å². The van der Waals surface area contributed by atoms with E-state index in [1.807, 2.05) is 18.2 Å². The summed E-state index contributed by atoms with van der Waals surface area (Å²) < 4.78 is 11.3. The van der Waals surface area contributed by atoms with Gasteiger partial charge in [-0.1, -0.05) is 19.1 Å². The minimum absolute atomic E-state index is 0.519. The molecule has 3 nitrogen and oxygen atoms in total. The lowest BCUT2D eigenvalue weighted by atomic mass is 10.1. The lowest BCUT2D eigenvalue weighted by Gasteiger charge is -2.14. The van der Waals surface area contributed by atoms with E-state index in [1.54, 1.807) is 18.4 Å². The van der Waals surface area contributed by atoms with Crippen LogP contribution in [0.3, 0.4) is 0 Å². The Balaban J connectivity index is 1.98. The lowest BCUT2D eigenvalue weighted by Crippen LogP contribution is -2.24. The second kappa shape index (κ2) is 8.05. The molecule has 1 N–H and O–H groups in total. The second-order valence-corrected chi connectivity index (χ2v) is 6.08. The van der Waals surface area contributed by atoms with Crippen molar-refractivity contribution in [2.45, 2.75) is 39.5 Å². The van der Waals surface area contributed by atoms with Crippen molar-refractivity contribution in [3.8, 4) is 11.5 Å². The molecular weight excluding hydrogens is 282 g/mol. The SMILES string of the molecule is CC[C@@H](C)NCc1ccc(OCc2cccs2)c(OC)c1. The van der Waals surface area contributed by atoms with Gasteiger partial charge in [0.25, 0.3) is 0 Å². The highest BCUT2D eigenvalue weighted by Crippen LogP contribution is 2.29. The highest BCUT2D eigenvalue weighted by Gasteiger charge is 2.07. The fourth-order valence-corrected chi connectivity index (χ4v) is 2.54. The molecule has 0 radical (unpaired) electrons. The molecule has 0 aliphatic heterocycles. The van der Waals surface area contributed by atoms with Gasteiger partial charge in [-0.2, -0.15) is 0 Å². The number of nitrogens with one attached hydrogen (secondary N) is 1. The van der Waals surface area contributed by atoms with Crippen LogP contribution >= 0.6 is 11.3 Å². The summed E-state index contributed by atoms with van der Waals surface area (Å²) in [6.45, 7) is 5.80. The Bertz CT molecular complexity index is 540. The number of benzene rings is 1. The summed E-state index contributed by atoms with van der Waals surface area (Å²) in [5, 5.41) is 5.53. The molecule has 0 spiro atoms. The number of hydrogen-bond acceptors (Lipinski definition) is 4. The maximum atomic E-state index is 5.84. The Kier molecular flexibility index (Phi) is 6.08. The highest BCUT2D eigenvalue weighted by molar-refractivity contribution is 7.09. The molecule has 0 unspecified atom stereocenters. The Morgan fingerprint density at radius 2 is 2.10 bits per heavy atom.